The first-order valence-corrected chi connectivity index (χ1v) is 7.78. The van der Waals surface area contributed by atoms with Crippen LogP contribution in [0.1, 0.15) is 19.4 Å². The second-order valence-corrected chi connectivity index (χ2v) is 5.03. The average Bonchev–Trinajstić information content (AvgIpc) is 2.63. The molecule has 10 nitrogen and oxygen atoms in total. The number of esters is 2. The molecule has 0 radical (unpaired) electrons. The molecule has 0 amide bonds. The van der Waals surface area contributed by atoms with E-state index in [9.17, 15) is 19.7 Å². The highest BCUT2D eigenvalue weighted by Crippen LogP contribution is 2.38. The molecule has 1 atom stereocenters. The number of ether oxygens (including phenoxy) is 5. The van der Waals surface area contributed by atoms with E-state index in [0.717, 1.165) is 13.0 Å². The quantitative estimate of drug-likeness (QED) is 0.357. The summed E-state index contributed by atoms with van der Waals surface area (Å²) in [5, 5.41) is 11.5. The summed E-state index contributed by atoms with van der Waals surface area (Å²) in [6.07, 6.45) is -0.758. The summed E-state index contributed by atoms with van der Waals surface area (Å²) >= 11 is 0. The van der Waals surface area contributed by atoms with Crippen LogP contribution in [-0.2, 0) is 19.1 Å². The molecular formula is C17H21NO9. The van der Waals surface area contributed by atoms with Gasteiger partial charge in [-0.25, -0.2) is 4.79 Å². The Morgan fingerprint density at radius 2 is 1.70 bits per heavy atom. The lowest BCUT2D eigenvalue weighted by Crippen LogP contribution is -2.33. The lowest BCUT2D eigenvalue weighted by molar-refractivity contribution is -0.432. The fourth-order valence-corrected chi connectivity index (χ4v) is 2.19. The van der Waals surface area contributed by atoms with Gasteiger partial charge >= 0.3 is 11.9 Å². The summed E-state index contributed by atoms with van der Waals surface area (Å²) < 4.78 is 25.1. The Balaban J connectivity index is 3.52. The van der Waals surface area contributed by atoms with Crippen LogP contribution >= 0.6 is 0 Å². The molecule has 1 rings (SSSR count). The van der Waals surface area contributed by atoms with Crippen LogP contribution in [0.3, 0.4) is 0 Å². The van der Waals surface area contributed by atoms with Gasteiger partial charge in [-0.1, -0.05) is 0 Å². The Bertz CT molecular complexity index is 717. The van der Waals surface area contributed by atoms with Crippen LogP contribution < -0.4 is 14.2 Å². The van der Waals surface area contributed by atoms with Crippen LogP contribution in [0.5, 0.6) is 17.2 Å². The molecule has 1 aromatic carbocycles. The van der Waals surface area contributed by atoms with Crippen LogP contribution in [0.4, 0.5) is 0 Å². The monoisotopic (exact) mass is 383 g/mol. The maximum atomic E-state index is 12.0. The average molecular weight is 383 g/mol. The van der Waals surface area contributed by atoms with E-state index in [2.05, 4.69) is 0 Å². The van der Waals surface area contributed by atoms with Crippen molar-refractivity contribution >= 4 is 18.0 Å². The summed E-state index contributed by atoms with van der Waals surface area (Å²) in [7, 11) is 4.19. The number of carbonyl (C=O) groups excluding carboxylic acids is 2. The first kappa shape index (κ1) is 21.7. The number of hydrogen-bond acceptors (Lipinski definition) is 9. The Kier molecular flexibility index (Phi) is 8.05. The molecule has 0 bridgehead atoms. The van der Waals surface area contributed by atoms with Gasteiger partial charge in [-0.2, -0.15) is 0 Å². The van der Waals surface area contributed by atoms with E-state index >= 15 is 0 Å². The lowest BCUT2D eigenvalue weighted by Gasteiger charge is -2.15. The molecule has 0 saturated heterocycles. The Morgan fingerprint density at radius 1 is 1.15 bits per heavy atom. The highest BCUT2D eigenvalue weighted by Gasteiger charge is 2.36. The molecule has 0 heterocycles. The van der Waals surface area contributed by atoms with Gasteiger partial charge in [0.2, 0.25) is 5.75 Å². The highest BCUT2D eigenvalue weighted by atomic mass is 16.6. The van der Waals surface area contributed by atoms with Gasteiger partial charge in [-0.15, -0.1) is 0 Å². The predicted molar refractivity (Wildman–Crippen MR) is 93.3 cm³/mol. The zero-order valence-corrected chi connectivity index (χ0v) is 15.6. The van der Waals surface area contributed by atoms with Crippen LogP contribution in [0.2, 0.25) is 0 Å². The van der Waals surface area contributed by atoms with Gasteiger partial charge in [0.05, 0.1) is 32.9 Å². The molecule has 0 aliphatic heterocycles. The molecule has 0 aliphatic rings. The summed E-state index contributed by atoms with van der Waals surface area (Å²) in [4.78, 5) is 34.0. The molecule has 27 heavy (non-hydrogen) atoms. The van der Waals surface area contributed by atoms with Crippen LogP contribution in [0.25, 0.3) is 6.08 Å². The molecule has 0 aromatic heterocycles. The molecule has 0 fully saturated rings. The van der Waals surface area contributed by atoms with Gasteiger partial charge in [0.15, 0.2) is 11.5 Å². The molecule has 0 spiro atoms. The van der Waals surface area contributed by atoms with Crippen LogP contribution in [0, 0.1) is 10.1 Å². The van der Waals surface area contributed by atoms with Crippen LogP contribution in [-0.4, -0.2) is 50.9 Å². The second kappa shape index (κ2) is 10.00. The van der Waals surface area contributed by atoms with Crippen molar-refractivity contribution in [3.8, 4) is 17.2 Å². The molecule has 0 saturated carbocycles. The van der Waals surface area contributed by atoms with Crippen molar-refractivity contribution in [2.45, 2.75) is 20.0 Å². The minimum Gasteiger partial charge on any atom is -0.493 e. The fourth-order valence-electron chi connectivity index (χ4n) is 2.19. The van der Waals surface area contributed by atoms with Crippen molar-refractivity contribution in [2.24, 2.45) is 0 Å². The maximum Gasteiger partial charge on any atom is 0.358 e. The van der Waals surface area contributed by atoms with Crippen molar-refractivity contribution in [3.05, 3.63) is 33.5 Å². The number of hydrogen-bond donors (Lipinski definition) is 0. The molecular weight excluding hydrogens is 362 g/mol. The summed E-state index contributed by atoms with van der Waals surface area (Å²) in [5.41, 5.74) is -0.421. The third-order valence-corrected chi connectivity index (χ3v) is 3.27. The first-order valence-electron chi connectivity index (χ1n) is 7.78. The van der Waals surface area contributed by atoms with Crippen molar-refractivity contribution in [1.82, 2.24) is 0 Å². The minimum atomic E-state index is -1.82. The van der Waals surface area contributed by atoms with E-state index in [1.54, 1.807) is 0 Å². The van der Waals surface area contributed by atoms with Crippen molar-refractivity contribution in [3.63, 3.8) is 0 Å². The Morgan fingerprint density at radius 3 is 2.07 bits per heavy atom. The van der Waals surface area contributed by atoms with E-state index in [0.29, 0.717) is 5.75 Å². The number of nitro groups is 1. The van der Waals surface area contributed by atoms with Gasteiger partial charge in [0.25, 0.3) is 11.8 Å². The Hall–Kier alpha value is -3.30. The lowest BCUT2D eigenvalue weighted by atomic mass is 10.1. The van der Waals surface area contributed by atoms with Gasteiger partial charge in [-0.3, -0.25) is 14.9 Å². The van der Waals surface area contributed by atoms with E-state index < -0.39 is 28.7 Å². The number of rotatable bonds is 9. The summed E-state index contributed by atoms with van der Waals surface area (Å²) in [5.74, 6) is -1.12. The van der Waals surface area contributed by atoms with Crippen molar-refractivity contribution in [1.29, 1.82) is 0 Å². The van der Waals surface area contributed by atoms with Crippen molar-refractivity contribution in [2.75, 3.05) is 27.9 Å². The SMILES string of the molecule is CCOC(=O)C(OC(C)=O)/C(=C/c1cc(OC)c(OC)c(OC)c1)[N+](=O)[O-]. The number of methoxy groups -OCH3 is 3. The number of carbonyl (C=O) groups is 2. The van der Waals surface area contributed by atoms with Gasteiger partial charge in [0.1, 0.15) is 0 Å². The molecule has 10 heteroatoms. The van der Waals surface area contributed by atoms with Gasteiger partial charge in [-0.05, 0) is 24.6 Å². The first-order chi connectivity index (χ1) is 12.8. The van der Waals surface area contributed by atoms with Crippen LogP contribution in [0.15, 0.2) is 17.8 Å². The standard InChI is InChI=1S/C17H21NO9/c1-6-26-17(20)15(27-10(2)19)12(18(21)22)7-11-8-13(23-3)16(25-5)14(9-11)24-4/h7-9,15H,6H2,1-5H3/b12-7-. The predicted octanol–water partition coefficient (Wildman–Crippen LogP) is 1.82. The van der Waals surface area contributed by atoms with E-state index in [4.69, 9.17) is 23.7 Å². The molecule has 1 unspecified atom stereocenters. The van der Waals surface area contributed by atoms with E-state index in [1.165, 1.54) is 40.4 Å². The summed E-state index contributed by atoms with van der Waals surface area (Å²) in [6, 6.07) is 2.89. The maximum absolute atomic E-state index is 12.0. The number of benzene rings is 1. The van der Waals surface area contributed by atoms with Gasteiger partial charge < -0.3 is 23.7 Å². The minimum absolute atomic E-state index is 0.0359. The van der Waals surface area contributed by atoms with Gasteiger partial charge in [0, 0.05) is 13.0 Å². The zero-order chi connectivity index (χ0) is 20.6. The third kappa shape index (κ3) is 5.59. The molecule has 1 aromatic rings. The van der Waals surface area contributed by atoms with E-state index in [-0.39, 0.29) is 23.7 Å². The summed E-state index contributed by atoms with van der Waals surface area (Å²) in [6.45, 7) is 2.52. The normalized spacial score (nSPS) is 12.0. The molecule has 0 aliphatic carbocycles. The molecule has 148 valence electrons. The molecule has 0 N–H and O–H groups in total. The van der Waals surface area contributed by atoms with E-state index in [1.807, 2.05) is 0 Å². The third-order valence-electron chi connectivity index (χ3n) is 3.27. The largest absolute Gasteiger partial charge is 0.493 e. The topological polar surface area (TPSA) is 123 Å². The van der Waals surface area contributed by atoms with Crippen molar-refractivity contribution < 1.29 is 38.2 Å². The second-order valence-electron chi connectivity index (χ2n) is 5.03. The fraction of sp³-hybridized carbons (Fsp3) is 0.412. The number of nitrogens with zero attached hydrogens (tertiary/aromatic N) is 1. The smallest absolute Gasteiger partial charge is 0.358 e. The highest BCUT2D eigenvalue weighted by molar-refractivity contribution is 5.83. The zero-order valence-electron chi connectivity index (χ0n) is 15.6. The Labute approximate surface area is 155 Å².